The average Bonchev–Trinajstić information content (AvgIpc) is 3.33. The second-order valence-corrected chi connectivity index (χ2v) is 9.09. The first kappa shape index (κ1) is 22.5. The largest absolute Gasteiger partial charge is 0.497 e. The van der Waals surface area contributed by atoms with Gasteiger partial charge in [0.05, 0.1) is 19.7 Å². The van der Waals surface area contributed by atoms with Gasteiger partial charge in [-0.15, -0.1) is 0 Å². The SMILES string of the molecule is COc1ccc2c(c1)CCCC2NC(=O)C1CCN(Cc2nc(-c3ccc(F)cc3)no2)CC1. The summed E-state index contributed by atoms with van der Waals surface area (Å²) in [4.78, 5) is 19.7. The minimum Gasteiger partial charge on any atom is -0.497 e. The number of amides is 1. The Morgan fingerprint density at radius 3 is 2.74 bits per heavy atom. The summed E-state index contributed by atoms with van der Waals surface area (Å²) >= 11 is 0. The fourth-order valence-electron chi connectivity index (χ4n) is 4.94. The molecule has 1 saturated heterocycles. The maximum absolute atomic E-state index is 13.1. The maximum Gasteiger partial charge on any atom is 0.241 e. The number of ether oxygens (including phenoxy) is 1. The summed E-state index contributed by atoms with van der Waals surface area (Å²) in [5, 5.41) is 7.32. The van der Waals surface area contributed by atoms with Crippen LogP contribution in [-0.4, -0.2) is 41.1 Å². The number of rotatable bonds is 6. The summed E-state index contributed by atoms with van der Waals surface area (Å²) < 4.78 is 23.9. The number of carbonyl (C=O) groups excluding carboxylic acids is 1. The number of halogens is 1. The number of aromatic nitrogens is 2. The lowest BCUT2D eigenvalue weighted by molar-refractivity contribution is -0.127. The highest BCUT2D eigenvalue weighted by Crippen LogP contribution is 2.33. The normalized spacial score (nSPS) is 18.9. The lowest BCUT2D eigenvalue weighted by Crippen LogP contribution is -2.41. The summed E-state index contributed by atoms with van der Waals surface area (Å²) in [6, 6.07) is 12.2. The number of likely N-dealkylation sites (tertiary alicyclic amines) is 1. The Labute approximate surface area is 198 Å². The fourth-order valence-corrected chi connectivity index (χ4v) is 4.94. The number of benzene rings is 2. The lowest BCUT2D eigenvalue weighted by atomic mass is 9.86. The Kier molecular flexibility index (Phi) is 6.58. The van der Waals surface area contributed by atoms with Gasteiger partial charge in [0, 0.05) is 11.5 Å². The van der Waals surface area contributed by atoms with Crippen LogP contribution < -0.4 is 10.1 Å². The van der Waals surface area contributed by atoms with Crippen molar-refractivity contribution in [1.29, 1.82) is 0 Å². The van der Waals surface area contributed by atoms with Crippen molar-refractivity contribution in [1.82, 2.24) is 20.4 Å². The third-order valence-corrected chi connectivity index (χ3v) is 6.87. The molecule has 0 radical (unpaired) electrons. The van der Waals surface area contributed by atoms with E-state index in [1.54, 1.807) is 19.2 Å². The van der Waals surface area contributed by atoms with E-state index < -0.39 is 0 Å². The van der Waals surface area contributed by atoms with Crippen LogP contribution in [0.1, 0.15) is 48.7 Å². The van der Waals surface area contributed by atoms with E-state index >= 15 is 0 Å². The predicted octanol–water partition coefficient (Wildman–Crippen LogP) is 4.29. The molecule has 1 N–H and O–H groups in total. The fraction of sp³-hybridized carbons (Fsp3) is 0.423. The molecule has 7 nitrogen and oxygen atoms in total. The topological polar surface area (TPSA) is 80.5 Å². The number of methoxy groups -OCH3 is 1. The van der Waals surface area contributed by atoms with Gasteiger partial charge in [-0.1, -0.05) is 11.2 Å². The van der Waals surface area contributed by atoms with E-state index in [2.05, 4.69) is 32.5 Å². The molecule has 1 aliphatic heterocycles. The molecule has 0 saturated carbocycles. The standard InChI is InChI=1S/C26H29FN4O3/c1-33-21-9-10-22-19(15-21)3-2-4-23(22)28-26(32)18-11-13-31(14-12-18)16-24-29-25(30-34-24)17-5-7-20(27)8-6-17/h5-10,15,18,23H,2-4,11-14,16H2,1H3,(H,28,32). The Morgan fingerprint density at radius 1 is 1.18 bits per heavy atom. The van der Waals surface area contributed by atoms with Crippen molar-refractivity contribution in [3.63, 3.8) is 0 Å². The molecule has 5 rings (SSSR count). The predicted molar refractivity (Wildman–Crippen MR) is 125 cm³/mol. The lowest BCUT2D eigenvalue weighted by Gasteiger charge is -2.32. The van der Waals surface area contributed by atoms with Crippen LogP contribution in [0.3, 0.4) is 0 Å². The molecular weight excluding hydrogens is 435 g/mol. The minimum atomic E-state index is -0.299. The molecule has 2 aliphatic rings. The monoisotopic (exact) mass is 464 g/mol. The highest BCUT2D eigenvalue weighted by Gasteiger charge is 2.29. The van der Waals surface area contributed by atoms with Gasteiger partial charge in [0.25, 0.3) is 0 Å². The van der Waals surface area contributed by atoms with Crippen molar-refractivity contribution in [3.8, 4) is 17.1 Å². The van der Waals surface area contributed by atoms with E-state index in [0.29, 0.717) is 18.3 Å². The van der Waals surface area contributed by atoms with Gasteiger partial charge in [0.2, 0.25) is 17.6 Å². The van der Waals surface area contributed by atoms with Crippen LogP contribution in [-0.2, 0) is 17.8 Å². The smallest absolute Gasteiger partial charge is 0.241 e. The summed E-state index contributed by atoms with van der Waals surface area (Å²) in [6.07, 6.45) is 4.65. The summed E-state index contributed by atoms with van der Waals surface area (Å²) in [7, 11) is 1.68. The van der Waals surface area contributed by atoms with Crippen LogP contribution >= 0.6 is 0 Å². The van der Waals surface area contributed by atoms with E-state index in [-0.39, 0.29) is 23.7 Å². The molecule has 8 heteroatoms. The van der Waals surface area contributed by atoms with Crippen LogP contribution in [0.25, 0.3) is 11.4 Å². The van der Waals surface area contributed by atoms with E-state index in [0.717, 1.165) is 56.5 Å². The summed E-state index contributed by atoms with van der Waals surface area (Å²) in [5.74, 6) is 1.70. The number of aryl methyl sites for hydroxylation is 1. The molecule has 0 bridgehead atoms. The van der Waals surface area contributed by atoms with E-state index in [4.69, 9.17) is 9.26 Å². The quantitative estimate of drug-likeness (QED) is 0.586. The van der Waals surface area contributed by atoms with E-state index in [1.165, 1.54) is 23.3 Å². The molecule has 1 fully saturated rings. The second-order valence-electron chi connectivity index (χ2n) is 9.09. The van der Waals surface area contributed by atoms with Crippen LogP contribution in [0.2, 0.25) is 0 Å². The summed E-state index contributed by atoms with van der Waals surface area (Å²) in [5.41, 5.74) is 3.20. The van der Waals surface area contributed by atoms with Gasteiger partial charge in [0.15, 0.2) is 0 Å². The van der Waals surface area contributed by atoms with E-state index in [1.807, 2.05) is 6.07 Å². The zero-order valence-electron chi connectivity index (χ0n) is 19.3. The minimum absolute atomic E-state index is 0.0114. The zero-order chi connectivity index (χ0) is 23.5. The molecule has 1 atom stereocenters. The van der Waals surface area contributed by atoms with Crippen LogP contribution in [0.15, 0.2) is 47.0 Å². The number of carbonyl (C=O) groups is 1. The van der Waals surface area contributed by atoms with Crippen LogP contribution in [0.4, 0.5) is 4.39 Å². The molecule has 3 aromatic rings. The molecule has 1 aliphatic carbocycles. The average molecular weight is 465 g/mol. The van der Waals surface area contributed by atoms with Gasteiger partial charge < -0.3 is 14.6 Å². The zero-order valence-corrected chi connectivity index (χ0v) is 19.3. The Bertz CT molecular complexity index is 1140. The Morgan fingerprint density at radius 2 is 1.97 bits per heavy atom. The highest BCUT2D eigenvalue weighted by atomic mass is 19.1. The molecule has 1 unspecified atom stereocenters. The van der Waals surface area contributed by atoms with Crippen molar-refractivity contribution in [2.24, 2.45) is 5.92 Å². The number of piperidine rings is 1. The van der Waals surface area contributed by atoms with Gasteiger partial charge in [-0.25, -0.2) is 4.39 Å². The molecular formula is C26H29FN4O3. The van der Waals surface area contributed by atoms with Crippen molar-refractivity contribution in [3.05, 3.63) is 65.3 Å². The Hall–Kier alpha value is -3.26. The van der Waals surface area contributed by atoms with Gasteiger partial charge in [-0.05, 0) is 92.7 Å². The molecule has 2 aromatic carbocycles. The third kappa shape index (κ3) is 4.97. The molecule has 2 heterocycles. The summed E-state index contributed by atoms with van der Waals surface area (Å²) in [6.45, 7) is 2.13. The number of nitrogens with zero attached hydrogens (tertiary/aromatic N) is 3. The number of hydrogen-bond acceptors (Lipinski definition) is 6. The molecule has 1 amide bonds. The van der Waals surface area contributed by atoms with Crippen molar-refractivity contribution in [2.45, 2.75) is 44.7 Å². The number of hydrogen-bond donors (Lipinski definition) is 1. The van der Waals surface area contributed by atoms with Crippen molar-refractivity contribution < 1.29 is 18.4 Å². The van der Waals surface area contributed by atoms with E-state index in [9.17, 15) is 9.18 Å². The van der Waals surface area contributed by atoms with Crippen molar-refractivity contribution >= 4 is 5.91 Å². The van der Waals surface area contributed by atoms with Gasteiger partial charge in [-0.2, -0.15) is 4.98 Å². The Balaban J connectivity index is 1.13. The first-order valence-corrected chi connectivity index (χ1v) is 11.9. The van der Waals surface area contributed by atoms with Gasteiger partial charge in [0.1, 0.15) is 11.6 Å². The first-order valence-electron chi connectivity index (χ1n) is 11.9. The van der Waals surface area contributed by atoms with Crippen LogP contribution in [0.5, 0.6) is 5.75 Å². The number of fused-ring (bicyclic) bond motifs is 1. The highest BCUT2D eigenvalue weighted by molar-refractivity contribution is 5.79. The van der Waals surface area contributed by atoms with Gasteiger partial charge in [-0.3, -0.25) is 9.69 Å². The molecule has 1 aromatic heterocycles. The molecule has 178 valence electrons. The third-order valence-electron chi connectivity index (χ3n) is 6.87. The second kappa shape index (κ2) is 9.93. The van der Waals surface area contributed by atoms with Crippen molar-refractivity contribution in [2.75, 3.05) is 20.2 Å². The number of nitrogens with one attached hydrogen (secondary N) is 1. The molecule has 0 spiro atoms. The maximum atomic E-state index is 13.1. The molecule has 34 heavy (non-hydrogen) atoms. The van der Waals surface area contributed by atoms with Gasteiger partial charge >= 0.3 is 0 Å². The van der Waals surface area contributed by atoms with Crippen LogP contribution in [0, 0.1) is 11.7 Å². The first-order chi connectivity index (χ1) is 16.6.